The van der Waals surface area contributed by atoms with Crippen molar-refractivity contribution in [1.29, 1.82) is 0 Å². The number of carbonyl (C=O) groups excluding carboxylic acids is 2. The standard InChI is InChI=1S/C17H15Cl2FN2O2/c1-2-22(17(24)11-6-8-12(20)9-7-11)10-15(23)21-16-13(18)4-3-5-14(16)19/h3-9H,2,10H2,1H3,(H,21,23). The maximum absolute atomic E-state index is 12.9. The summed E-state index contributed by atoms with van der Waals surface area (Å²) in [4.78, 5) is 25.9. The van der Waals surface area contributed by atoms with E-state index in [2.05, 4.69) is 5.32 Å². The summed E-state index contributed by atoms with van der Waals surface area (Å²) in [6.07, 6.45) is 0. The Morgan fingerprint density at radius 1 is 1.08 bits per heavy atom. The lowest BCUT2D eigenvalue weighted by atomic mass is 10.2. The van der Waals surface area contributed by atoms with Gasteiger partial charge in [0.05, 0.1) is 15.7 Å². The second-order valence-electron chi connectivity index (χ2n) is 4.97. The van der Waals surface area contributed by atoms with Crippen LogP contribution in [0.2, 0.25) is 10.0 Å². The molecule has 0 saturated heterocycles. The number of nitrogens with one attached hydrogen (secondary N) is 1. The van der Waals surface area contributed by atoms with Crippen molar-refractivity contribution in [2.45, 2.75) is 6.92 Å². The van der Waals surface area contributed by atoms with Crippen molar-refractivity contribution in [3.63, 3.8) is 0 Å². The number of nitrogens with zero attached hydrogens (tertiary/aromatic N) is 1. The number of rotatable bonds is 5. The van der Waals surface area contributed by atoms with Crippen molar-refractivity contribution in [3.05, 3.63) is 63.9 Å². The quantitative estimate of drug-likeness (QED) is 0.858. The first-order valence-electron chi connectivity index (χ1n) is 7.21. The third-order valence-electron chi connectivity index (χ3n) is 3.32. The number of halogens is 3. The van der Waals surface area contributed by atoms with Gasteiger partial charge in [-0.05, 0) is 43.3 Å². The van der Waals surface area contributed by atoms with E-state index in [0.717, 1.165) is 0 Å². The van der Waals surface area contributed by atoms with Gasteiger partial charge in [0, 0.05) is 12.1 Å². The minimum atomic E-state index is -0.430. The lowest BCUT2D eigenvalue weighted by Gasteiger charge is -2.21. The minimum Gasteiger partial charge on any atom is -0.330 e. The molecule has 4 nitrogen and oxygen atoms in total. The summed E-state index contributed by atoms with van der Waals surface area (Å²) in [5, 5.41) is 3.22. The SMILES string of the molecule is CCN(CC(=O)Nc1c(Cl)cccc1Cl)C(=O)c1ccc(F)cc1. The highest BCUT2D eigenvalue weighted by molar-refractivity contribution is 6.39. The van der Waals surface area contributed by atoms with Crippen molar-refractivity contribution < 1.29 is 14.0 Å². The first-order valence-corrected chi connectivity index (χ1v) is 7.96. The fraction of sp³-hybridized carbons (Fsp3) is 0.176. The third kappa shape index (κ3) is 4.46. The van der Waals surface area contributed by atoms with Gasteiger partial charge in [0.1, 0.15) is 12.4 Å². The van der Waals surface area contributed by atoms with Crippen LogP contribution in [0.3, 0.4) is 0 Å². The van der Waals surface area contributed by atoms with Gasteiger partial charge in [-0.15, -0.1) is 0 Å². The highest BCUT2D eigenvalue weighted by Gasteiger charge is 2.18. The second-order valence-corrected chi connectivity index (χ2v) is 5.79. The summed E-state index contributed by atoms with van der Waals surface area (Å²) < 4.78 is 12.9. The molecule has 0 heterocycles. The molecule has 0 aliphatic rings. The molecule has 0 unspecified atom stereocenters. The van der Waals surface area contributed by atoms with Crippen LogP contribution < -0.4 is 5.32 Å². The molecule has 0 saturated carbocycles. The normalized spacial score (nSPS) is 10.3. The average molecular weight is 369 g/mol. The Labute approximate surface area is 149 Å². The monoisotopic (exact) mass is 368 g/mol. The van der Waals surface area contributed by atoms with Gasteiger partial charge in [0.15, 0.2) is 0 Å². The van der Waals surface area contributed by atoms with E-state index in [1.807, 2.05) is 0 Å². The van der Waals surface area contributed by atoms with Gasteiger partial charge in [0.25, 0.3) is 5.91 Å². The zero-order valence-electron chi connectivity index (χ0n) is 12.9. The van der Waals surface area contributed by atoms with E-state index in [-0.39, 0.29) is 12.5 Å². The van der Waals surface area contributed by atoms with Crippen molar-refractivity contribution in [2.75, 3.05) is 18.4 Å². The molecule has 0 atom stereocenters. The number of amides is 2. The Bertz CT molecular complexity index is 731. The predicted molar refractivity (Wildman–Crippen MR) is 93.1 cm³/mol. The number of carbonyl (C=O) groups is 2. The van der Waals surface area contributed by atoms with Gasteiger partial charge >= 0.3 is 0 Å². The Balaban J connectivity index is 2.08. The Kier molecular flexibility index (Phi) is 6.17. The Hall–Kier alpha value is -2.11. The molecule has 7 heteroatoms. The van der Waals surface area contributed by atoms with Crippen LogP contribution in [0.15, 0.2) is 42.5 Å². The number of para-hydroxylation sites is 1. The van der Waals surface area contributed by atoms with E-state index in [1.54, 1.807) is 25.1 Å². The fourth-order valence-corrected chi connectivity index (χ4v) is 2.56. The van der Waals surface area contributed by atoms with Crippen LogP contribution in [-0.4, -0.2) is 29.8 Å². The topological polar surface area (TPSA) is 49.4 Å². The number of anilines is 1. The van der Waals surface area contributed by atoms with E-state index in [0.29, 0.717) is 27.8 Å². The number of likely N-dealkylation sites (N-methyl/N-ethyl adjacent to an activating group) is 1. The fourth-order valence-electron chi connectivity index (χ4n) is 2.07. The van der Waals surface area contributed by atoms with Gasteiger partial charge in [-0.25, -0.2) is 4.39 Å². The maximum Gasteiger partial charge on any atom is 0.254 e. The lowest BCUT2D eigenvalue weighted by Crippen LogP contribution is -2.37. The van der Waals surface area contributed by atoms with Crippen molar-refractivity contribution in [3.8, 4) is 0 Å². The maximum atomic E-state index is 12.9. The van der Waals surface area contributed by atoms with Crippen LogP contribution in [0, 0.1) is 5.82 Å². The number of hydrogen-bond donors (Lipinski definition) is 1. The first kappa shape index (κ1) is 18.2. The number of hydrogen-bond acceptors (Lipinski definition) is 2. The highest BCUT2D eigenvalue weighted by Crippen LogP contribution is 2.29. The molecule has 2 aromatic carbocycles. The summed E-state index contributed by atoms with van der Waals surface area (Å²) in [7, 11) is 0. The van der Waals surface area contributed by atoms with Gasteiger partial charge in [0.2, 0.25) is 5.91 Å². The summed E-state index contributed by atoms with van der Waals surface area (Å²) in [5.74, 6) is -1.22. The van der Waals surface area contributed by atoms with Crippen LogP contribution in [0.4, 0.5) is 10.1 Å². The van der Waals surface area contributed by atoms with Crippen molar-refractivity contribution >= 4 is 40.7 Å². The molecule has 0 spiro atoms. The zero-order chi connectivity index (χ0) is 17.7. The van der Waals surface area contributed by atoms with Gasteiger partial charge in [-0.1, -0.05) is 29.3 Å². The van der Waals surface area contributed by atoms with Crippen molar-refractivity contribution in [1.82, 2.24) is 4.90 Å². The van der Waals surface area contributed by atoms with E-state index >= 15 is 0 Å². The Morgan fingerprint density at radius 3 is 2.21 bits per heavy atom. The molecule has 2 rings (SSSR count). The lowest BCUT2D eigenvalue weighted by molar-refractivity contribution is -0.116. The van der Waals surface area contributed by atoms with Gasteiger partial charge in [-0.3, -0.25) is 9.59 Å². The van der Waals surface area contributed by atoms with Crippen LogP contribution in [0.1, 0.15) is 17.3 Å². The molecule has 0 radical (unpaired) electrons. The van der Waals surface area contributed by atoms with E-state index in [9.17, 15) is 14.0 Å². The molecule has 2 amide bonds. The Morgan fingerprint density at radius 2 is 1.67 bits per heavy atom. The molecule has 0 aliphatic carbocycles. The first-order chi connectivity index (χ1) is 11.4. The highest BCUT2D eigenvalue weighted by atomic mass is 35.5. The summed E-state index contributed by atoms with van der Waals surface area (Å²) in [6, 6.07) is 10.0. The third-order valence-corrected chi connectivity index (χ3v) is 3.95. The largest absolute Gasteiger partial charge is 0.330 e. The molecule has 0 fully saturated rings. The van der Waals surface area contributed by atoms with Crippen LogP contribution in [0.5, 0.6) is 0 Å². The predicted octanol–water partition coefficient (Wildman–Crippen LogP) is 4.23. The molecular weight excluding hydrogens is 354 g/mol. The van der Waals surface area contributed by atoms with Crippen LogP contribution >= 0.6 is 23.2 Å². The average Bonchev–Trinajstić information content (AvgIpc) is 2.56. The molecule has 126 valence electrons. The molecular formula is C17H15Cl2FN2O2. The van der Waals surface area contributed by atoms with Gasteiger partial charge < -0.3 is 10.2 Å². The molecule has 24 heavy (non-hydrogen) atoms. The summed E-state index contributed by atoms with van der Waals surface area (Å²) >= 11 is 12.0. The van der Waals surface area contributed by atoms with Crippen LogP contribution in [-0.2, 0) is 4.79 Å². The van der Waals surface area contributed by atoms with Crippen LogP contribution in [0.25, 0.3) is 0 Å². The molecule has 0 bridgehead atoms. The number of benzene rings is 2. The minimum absolute atomic E-state index is 0.172. The van der Waals surface area contributed by atoms with E-state index in [4.69, 9.17) is 23.2 Å². The molecule has 0 aliphatic heterocycles. The zero-order valence-corrected chi connectivity index (χ0v) is 14.4. The van der Waals surface area contributed by atoms with Crippen molar-refractivity contribution in [2.24, 2.45) is 0 Å². The smallest absolute Gasteiger partial charge is 0.254 e. The summed E-state index contributed by atoms with van der Waals surface area (Å²) in [6.45, 7) is 1.89. The van der Waals surface area contributed by atoms with E-state index < -0.39 is 11.7 Å². The molecule has 1 N–H and O–H groups in total. The summed E-state index contributed by atoms with van der Waals surface area (Å²) in [5.41, 5.74) is 0.609. The van der Waals surface area contributed by atoms with Gasteiger partial charge in [-0.2, -0.15) is 0 Å². The molecule has 2 aromatic rings. The molecule has 0 aromatic heterocycles. The second kappa shape index (κ2) is 8.13. The van der Waals surface area contributed by atoms with E-state index in [1.165, 1.54) is 29.2 Å².